The molecule has 1 aliphatic rings. The van der Waals surface area contributed by atoms with Crippen molar-refractivity contribution in [1.29, 1.82) is 0 Å². The zero-order valence-electron chi connectivity index (χ0n) is 16.4. The van der Waals surface area contributed by atoms with Crippen LogP contribution in [-0.4, -0.2) is 12.2 Å². The van der Waals surface area contributed by atoms with Gasteiger partial charge in [-0.15, -0.1) is 0 Å². The highest BCUT2D eigenvalue weighted by molar-refractivity contribution is 6.20. The summed E-state index contributed by atoms with van der Waals surface area (Å²) in [6.07, 6.45) is 25.4. The summed E-state index contributed by atoms with van der Waals surface area (Å²) in [7, 11) is 0. The van der Waals surface area contributed by atoms with Gasteiger partial charge >= 0.3 is 0 Å². The standard InChI is InChI=1S/C22H43ClO/c1-2-3-4-5-6-7-8-9-10-11-12-13-14-15-16-17-18-21-19-20-24-22(21)23/h21-22H,2-20H2,1H3. The molecule has 0 saturated carbocycles. The molecule has 0 spiro atoms. The van der Waals surface area contributed by atoms with Gasteiger partial charge in [-0.3, -0.25) is 0 Å². The van der Waals surface area contributed by atoms with Gasteiger partial charge in [0.05, 0.1) is 0 Å². The van der Waals surface area contributed by atoms with Gasteiger partial charge in [-0.2, -0.15) is 0 Å². The van der Waals surface area contributed by atoms with Crippen molar-refractivity contribution in [1.82, 2.24) is 0 Å². The summed E-state index contributed by atoms with van der Waals surface area (Å²) in [5.74, 6) is 0.623. The third-order valence-electron chi connectivity index (χ3n) is 5.56. The van der Waals surface area contributed by atoms with Crippen LogP contribution in [-0.2, 0) is 4.74 Å². The van der Waals surface area contributed by atoms with Gasteiger partial charge in [0.15, 0.2) is 0 Å². The van der Waals surface area contributed by atoms with Crippen molar-refractivity contribution in [3.63, 3.8) is 0 Å². The van der Waals surface area contributed by atoms with Crippen LogP contribution in [0.15, 0.2) is 0 Å². The maximum Gasteiger partial charge on any atom is 0.134 e. The number of unbranched alkanes of at least 4 members (excludes halogenated alkanes) is 15. The lowest BCUT2D eigenvalue weighted by molar-refractivity contribution is 0.150. The van der Waals surface area contributed by atoms with Crippen LogP contribution in [0.25, 0.3) is 0 Å². The van der Waals surface area contributed by atoms with Crippen molar-refractivity contribution in [3.8, 4) is 0 Å². The Morgan fingerprint density at radius 1 is 0.667 bits per heavy atom. The van der Waals surface area contributed by atoms with Crippen molar-refractivity contribution in [2.24, 2.45) is 5.92 Å². The molecule has 1 heterocycles. The number of rotatable bonds is 17. The van der Waals surface area contributed by atoms with E-state index in [-0.39, 0.29) is 5.56 Å². The molecule has 1 rings (SSSR count). The first-order chi connectivity index (χ1) is 11.8. The number of halogens is 1. The molecular weight excluding hydrogens is 316 g/mol. The van der Waals surface area contributed by atoms with E-state index < -0.39 is 0 Å². The molecule has 1 fully saturated rings. The first-order valence-corrected chi connectivity index (χ1v) is 11.5. The van der Waals surface area contributed by atoms with E-state index in [1.165, 1.54) is 116 Å². The zero-order chi connectivity index (χ0) is 17.3. The Kier molecular flexibility index (Phi) is 15.5. The Labute approximate surface area is 157 Å². The van der Waals surface area contributed by atoms with E-state index in [0.29, 0.717) is 5.92 Å². The van der Waals surface area contributed by atoms with Gasteiger partial charge < -0.3 is 4.74 Å². The Morgan fingerprint density at radius 2 is 1.08 bits per heavy atom. The number of hydrogen-bond acceptors (Lipinski definition) is 1. The average molecular weight is 359 g/mol. The minimum absolute atomic E-state index is 0.00124. The Hall–Kier alpha value is 0.250. The summed E-state index contributed by atoms with van der Waals surface area (Å²) >= 11 is 6.13. The molecule has 0 N–H and O–H groups in total. The normalized spacial score (nSPS) is 20.8. The van der Waals surface area contributed by atoms with Gasteiger partial charge in [-0.05, 0) is 12.8 Å². The van der Waals surface area contributed by atoms with Crippen LogP contribution in [0.5, 0.6) is 0 Å². The molecule has 0 aromatic rings. The Morgan fingerprint density at radius 3 is 1.46 bits per heavy atom. The summed E-state index contributed by atoms with van der Waals surface area (Å²) in [6, 6.07) is 0. The molecule has 2 heteroatoms. The fourth-order valence-electron chi connectivity index (χ4n) is 3.83. The Bertz CT molecular complexity index is 256. The predicted octanol–water partition coefficient (Wildman–Crippen LogP) is 8.24. The monoisotopic (exact) mass is 358 g/mol. The van der Waals surface area contributed by atoms with Crippen molar-refractivity contribution < 1.29 is 4.74 Å². The van der Waals surface area contributed by atoms with Gasteiger partial charge in [0.2, 0.25) is 0 Å². The van der Waals surface area contributed by atoms with Gasteiger partial charge in [-0.1, -0.05) is 121 Å². The van der Waals surface area contributed by atoms with E-state index in [1.807, 2.05) is 0 Å². The molecule has 1 nitrogen and oxygen atoms in total. The smallest absolute Gasteiger partial charge is 0.134 e. The molecule has 0 bridgehead atoms. The van der Waals surface area contributed by atoms with Crippen LogP contribution < -0.4 is 0 Å². The van der Waals surface area contributed by atoms with E-state index in [4.69, 9.17) is 16.3 Å². The highest BCUT2D eigenvalue weighted by Crippen LogP contribution is 2.28. The van der Waals surface area contributed by atoms with Crippen LogP contribution in [0.4, 0.5) is 0 Å². The second kappa shape index (κ2) is 16.7. The highest BCUT2D eigenvalue weighted by atomic mass is 35.5. The molecule has 1 saturated heterocycles. The minimum Gasteiger partial charge on any atom is -0.362 e. The predicted molar refractivity (Wildman–Crippen MR) is 108 cm³/mol. The van der Waals surface area contributed by atoms with Crippen molar-refractivity contribution in [3.05, 3.63) is 0 Å². The number of alkyl halides is 1. The van der Waals surface area contributed by atoms with E-state index in [0.717, 1.165) is 6.61 Å². The van der Waals surface area contributed by atoms with Gasteiger partial charge in [0, 0.05) is 12.5 Å². The van der Waals surface area contributed by atoms with Crippen molar-refractivity contribution in [2.45, 2.75) is 128 Å². The molecule has 0 aromatic heterocycles. The second-order valence-electron chi connectivity index (χ2n) is 7.86. The van der Waals surface area contributed by atoms with Gasteiger partial charge in [0.25, 0.3) is 0 Å². The van der Waals surface area contributed by atoms with Crippen LogP contribution in [0.1, 0.15) is 122 Å². The second-order valence-corrected chi connectivity index (χ2v) is 8.29. The van der Waals surface area contributed by atoms with Crippen LogP contribution >= 0.6 is 11.6 Å². The van der Waals surface area contributed by atoms with E-state index in [9.17, 15) is 0 Å². The summed E-state index contributed by atoms with van der Waals surface area (Å²) in [5, 5.41) is 0. The lowest BCUT2D eigenvalue weighted by Crippen LogP contribution is -2.07. The molecule has 0 amide bonds. The zero-order valence-corrected chi connectivity index (χ0v) is 17.1. The Balaban J connectivity index is 1.67. The molecule has 0 aliphatic carbocycles. The minimum atomic E-state index is 0.00124. The van der Waals surface area contributed by atoms with E-state index in [2.05, 4.69) is 6.92 Å². The average Bonchev–Trinajstić information content (AvgIpc) is 2.99. The molecule has 1 aliphatic heterocycles. The molecule has 24 heavy (non-hydrogen) atoms. The molecule has 2 unspecified atom stereocenters. The molecule has 0 aromatic carbocycles. The van der Waals surface area contributed by atoms with E-state index in [1.54, 1.807) is 0 Å². The summed E-state index contributed by atoms with van der Waals surface area (Å²) < 4.78 is 5.41. The quantitative estimate of drug-likeness (QED) is 0.188. The number of hydrogen-bond donors (Lipinski definition) is 0. The van der Waals surface area contributed by atoms with Crippen molar-refractivity contribution >= 4 is 11.6 Å². The van der Waals surface area contributed by atoms with Gasteiger partial charge in [0.1, 0.15) is 5.56 Å². The lowest BCUT2D eigenvalue weighted by Gasteiger charge is -2.11. The molecule has 2 atom stereocenters. The maximum atomic E-state index is 6.13. The molecule has 144 valence electrons. The topological polar surface area (TPSA) is 9.23 Å². The van der Waals surface area contributed by atoms with Crippen LogP contribution in [0, 0.1) is 5.92 Å². The van der Waals surface area contributed by atoms with Crippen molar-refractivity contribution in [2.75, 3.05) is 6.61 Å². The lowest BCUT2D eigenvalue weighted by atomic mass is 9.99. The maximum absolute atomic E-state index is 6.13. The first-order valence-electron chi connectivity index (χ1n) is 11.1. The summed E-state index contributed by atoms with van der Waals surface area (Å²) in [6.45, 7) is 3.17. The third-order valence-corrected chi connectivity index (χ3v) is 6.05. The number of ether oxygens (including phenoxy) is 1. The van der Waals surface area contributed by atoms with Crippen LogP contribution in [0.3, 0.4) is 0 Å². The summed E-state index contributed by atoms with van der Waals surface area (Å²) in [4.78, 5) is 0. The molecule has 0 radical (unpaired) electrons. The summed E-state index contributed by atoms with van der Waals surface area (Å²) in [5.41, 5.74) is 0.00124. The first kappa shape index (κ1) is 22.3. The molecular formula is C22H43ClO. The third kappa shape index (κ3) is 12.6. The van der Waals surface area contributed by atoms with Crippen LogP contribution in [0.2, 0.25) is 0 Å². The fourth-order valence-corrected chi connectivity index (χ4v) is 4.17. The fraction of sp³-hybridized carbons (Fsp3) is 1.00. The largest absolute Gasteiger partial charge is 0.362 e. The SMILES string of the molecule is CCCCCCCCCCCCCCCCCCC1CCOC1Cl. The highest BCUT2D eigenvalue weighted by Gasteiger charge is 2.25. The van der Waals surface area contributed by atoms with E-state index >= 15 is 0 Å². The van der Waals surface area contributed by atoms with Gasteiger partial charge in [-0.25, -0.2) is 0 Å².